The highest BCUT2D eigenvalue weighted by Crippen LogP contribution is 2.43. The number of hydrogen-bond donors (Lipinski definition) is 2. The zero-order valence-corrected chi connectivity index (χ0v) is 26.5. The van der Waals surface area contributed by atoms with Gasteiger partial charge in [0, 0.05) is 36.8 Å². The molecule has 1 saturated heterocycles. The summed E-state index contributed by atoms with van der Waals surface area (Å²) in [6.07, 6.45) is -0.289. The van der Waals surface area contributed by atoms with Crippen molar-refractivity contribution in [1.29, 1.82) is 0 Å². The Bertz CT molecular complexity index is 1430. The molecule has 1 fully saturated rings. The summed E-state index contributed by atoms with van der Waals surface area (Å²) < 4.78 is 22.2. The molecule has 2 aliphatic heterocycles. The second kappa shape index (κ2) is 13.6. The molecule has 0 unspecified atom stereocenters. The summed E-state index contributed by atoms with van der Waals surface area (Å²) in [7, 11) is 3.30. The van der Waals surface area contributed by atoms with Gasteiger partial charge in [-0.2, -0.15) is 0 Å². The first kappa shape index (κ1) is 31.9. The summed E-state index contributed by atoms with van der Waals surface area (Å²) in [6.45, 7) is 4.41. The number of methoxy groups -OCH3 is 2. The maximum atomic E-state index is 12.3. The monoisotopic (exact) mass is 648 g/mol. The van der Waals surface area contributed by atoms with Crippen molar-refractivity contribution in [2.45, 2.75) is 48.8 Å². The number of halogens is 3. The highest BCUT2D eigenvalue weighted by Gasteiger charge is 2.40. The van der Waals surface area contributed by atoms with Gasteiger partial charge >= 0.3 is 0 Å². The van der Waals surface area contributed by atoms with Crippen molar-refractivity contribution >= 4 is 46.4 Å². The van der Waals surface area contributed by atoms with Crippen molar-refractivity contribution in [3.05, 3.63) is 88.5 Å². The van der Waals surface area contributed by atoms with Gasteiger partial charge in [-0.3, -0.25) is 9.69 Å². The summed E-state index contributed by atoms with van der Waals surface area (Å²) in [5.74, 6) is 0.705. The molecule has 0 spiro atoms. The van der Waals surface area contributed by atoms with Crippen LogP contribution in [0.1, 0.15) is 47.1 Å². The number of aliphatic hydroxyl groups excluding tert-OH is 1. The molecule has 0 aromatic heterocycles. The Morgan fingerprint density at radius 3 is 2.35 bits per heavy atom. The van der Waals surface area contributed by atoms with Gasteiger partial charge in [0.15, 0.2) is 17.8 Å². The number of nitrogens with one attached hydrogen (secondary N) is 1. The molecule has 0 radical (unpaired) electrons. The summed E-state index contributed by atoms with van der Waals surface area (Å²) in [4.78, 5) is 14.7. The third kappa shape index (κ3) is 7.40. The number of anilines is 1. The first-order valence-corrected chi connectivity index (χ1v) is 15.2. The van der Waals surface area contributed by atoms with Gasteiger partial charge < -0.3 is 29.4 Å². The largest absolute Gasteiger partial charge is 0.493 e. The number of carbonyl (C=O) groups is 1. The van der Waals surface area contributed by atoms with Crippen molar-refractivity contribution in [2.24, 2.45) is 5.92 Å². The van der Waals surface area contributed by atoms with Crippen molar-refractivity contribution in [1.82, 2.24) is 4.90 Å². The Balaban J connectivity index is 1.40. The fourth-order valence-electron chi connectivity index (χ4n) is 5.65. The summed E-state index contributed by atoms with van der Waals surface area (Å²) in [5, 5.41) is 12.2. The van der Waals surface area contributed by atoms with E-state index < -0.39 is 16.0 Å². The van der Waals surface area contributed by atoms with Gasteiger partial charge in [-0.15, -0.1) is 0 Å². The fraction of sp³-hybridized carbons (Fsp3) is 0.406. The molecule has 2 heterocycles. The minimum atomic E-state index is -2.09. The number of carbonyl (C=O) groups excluding carboxylic acids is 1. The first-order valence-electron chi connectivity index (χ1n) is 14.0. The van der Waals surface area contributed by atoms with Crippen LogP contribution in [-0.4, -0.2) is 53.1 Å². The topological polar surface area (TPSA) is 89.5 Å². The average molecular weight is 650 g/mol. The molecular weight excluding hydrogens is 615 g/mol. The molecule has 4 atom stereocenters. The summed E-state index contributed by atoms with van der Waals surface area (Å²) in [6, 6.07) is 19.0. The van der Waals surface area contributed by atoms with E-state index in [0.29, 0.717) is 18.0 Å². The van der Waals surface area contributed by atoms with E-state index in [4.69, 9.17) is 53.8 Å². The lowest BCUT2D eigenvalue weighted by Gasteiger charge is -2.43. The van der Waals surface area contributed by atoms with Gasteiger partial charge in [-0.05, 0) is 52.9 Å². The molecule has 11 heteroatoms. The van der Waals surface area contributed by atoms with Gasteiger partial charge in [0.2, 0.25) is 0 Å². The minimum Gasteiger partial charge on any atom is -0.493 e. The maximum absolute atomic E-state index is 12.3. The lowest BCUT2D eigenvalue weighted by molar-refractivity contribution is -0.276. The van der Waals surface area contributed by atoms with Crippen molar-refractivity contribution in [2.75, 3.05) is 32.6 Å². The Morgan fingerprint density at radius 2 is 1.70 bits per heavy atom. The van der Waals surface area contributed by atoms with E-state index in [1.165, 1.54) is 11.1 Å². The van der Waals surface area contributed by atoms with Crippen LogP contribution < -0.4 is 14.8 Å². The van der Waals surface area contributed by atoms with Crippen molar-refractivity contribution in [3.63, 3.8) is 0 Å². The number of fused-ring (bicyclic) bond motifs is 1. The minimum absolute atomic E-state index is 0.00951. The number of hydrogen-bond acceptors (Lipinski definition) is 7. The van der Waals surface area contributed by atoms with Crippen LogP contribution in [0.5, 0.6) is 11.5 Å². The number of alkyl halides is 3. The third-order valence-electron chi connectivity index (χ3n) is 8.03. The first-order chi connectivity index (χ1) is 20.6. The fourth-order valence-corrected chi connectivity index (χ4v) is 5.79. The van der Waals surface area contributed by atoms with E-state index in [0.717, 1.165) is 42.0 Å². The van der Waals surface area contributed by atoms with Crippen LogP contribution in [0.2, 0.25) is 0 Å². The van der Waals surface area contributed by atoms with E-state index in [1.54, 1.807) is 32.4 Å². The molecule has 43 heavy (non-hydrogen) atoms. The Morgan fingerprint density at radius 1 is 1.00 bits per heavy atom. The SMILES string of the molecule is COc1cc2c(cc1OC)CN(C[C@H]1O[C@@H](c3cccc(NC(=O)C(Cl)(Cl)Cl)c3)O[C@@H](c3ccc(CO)cc3)[C@H]1C)CC2. The van der Waals surface area contributed by atoms with Gasteiger partial charge in [0.25, 0.3) is 9.70 Å². The molecule has 0 aliphatic carbocycles. The van der Waals surface area contributed by atoms with E-state index in [-0.39, 0.29) is 24.7 Å². The molecule has 5 rings (SSSR count). The van der Waals surface area contributed by atoms with Crippen LogP contribution in [0, 0.1) is 5.92 Å². The predicted octanol–water partition coefficient (Wildman–Crippen LogP) is 6.35. The number of ether oxygens (including phenoxy) is 4. The van der Waals surface area contributed by atoms with E-state index in [1.807, 2.05) is 30.3 Å². The number of benzene rings is 3. The zero-order chi connectivity index (χ0) is 30.7. The van der Waals surface area contributed by atoms with Crippen LogP contribution in [0.25, 0.3) is 0 Å². The zero-order valence-electron chi connectivity index (χ0n) is 24.2. The number of aliphatic hydroxyl groups is 1. The third-order valence-corrected chi connectivity index (χ3v) is 8.55. The predicted molar refractivity (Wildman–Crippen MR) is 167 cm³/mol. The van der Waals surface area contributed by atoms with Crippen LogP contribution in [0.15, 0.2) is 60.7 Å². The molecular formula is C32H35Cl3N2O6. The average Bonchev–Trinajstić information content (AvgIpc) is 3.01. The smallest absolute Gasteiger partial charge is 0.276 e. The molecule has 3 aromatic rings. The second-order valence-corrected chi connectivity index (χ2v) is 13.1. The van der Waals surface area contributed by atoms with Crippen LogP contribution in [-0.2, 0) is 33.8 Å². The standard InChI is InChI=1S/C32H35Cl3N2O6/c1-19-28(17-37-12-11-22-14-26(40-2)27(41-3)15-24(22)16-37)42-30(43-29(19)21-9-7-20(18-38)8-10-21)23-5-4-6-25(13-23)36-31(39)32(33,34)35/h4-10,13-15,19,28-30,38H,11-12,16-18H2,1-3H3,(H,36,39)/t19-,28+,29+,30+/m0/s1. The Hall–Kier alpha value is -2.56. The normalized spacial score (nSPS) is 22.5. The van der Waals surface area contributed by atoms with Gasteiger partial charge in [0.1, 0.15) is 0 Å². The Kier molecular flexibility index (Phi) is 10.1. The van der Waals surface area contributed by atoms with E-state index in [2.05, 4.69) is 29.3 Å². The van der Waals surface area contributed by atoms with E-state index in [9.17, 15) is 9.90 Å². The highest BCUT2D eigenvalue weighted by atomic mass is 35.6. The molecule has 3 aromatic carbocycles. The quantitative estimate of drug-likeness (QED) is 0.275. The molecule has 8 nitrogen and oxygen atoms in total. The van der Waals surface area contributed by atoms with Crippen LogP contribution >= 0.6 is 34.8 Å². The Labute approximate surface area is 266 Å². The van der Waals surface area contributed by atoms with Crippen LogP contribution in [0.3, 0.4) is 0 Å². The molecule has 2 N–H and O–H groups in total. The van der Waals surface area contributed by atoms with E-state index >= 15 is 0 Å². The molecule has 0 bridgehead atoms. The van der Waals surface area contributed by atoms with Crippen molar-refractivity contribution < 1.29 is 28.8 Å². The maximum Gasteiger partial charge on any atom is 0.276 e. The summed E-state index contributed by atoms with van der Waals surface area (Å²) >= 11 is 17.3. The number of amides is 1. The molecule has 230 valence electrons. The molecule has 2 aliphatic rings. The van der Waals surface area contributed by atoms with Crippen molar-refractivity contribution in [3.8, 4) is 11.5 Å². The molecule has 1 amide bonds. The second-order valence-electron chi connectivity index (χ2n) is 10.9. The lowest BCUT2D eigenvalue weighted by atomic mass is 9.89. The number of rotatable bonds is 8. The highest BCUT2D eigenvalue weighted by molar-refractivity contribution is 6.76. The molecule has 0 saturated carbocycles. The van der Waals surface area contributed by atoms with Gasteiger partial charge in [0.05, 0.1) is 33.0 Å². The van der Waals surface area contributed by atoms with Gasteiger partial charge in [-0.1, -0.05) is 78.1 Å². The lowest BCUT2D eigenvalue weighted by Crippen LogP contribution is -2.45. The van der Waals surface area contributed by atoms with Crippen LogP contribution in [0.4, 0.5) is 5.69 Å². The van der Waals surface area contributed by atoms with Gasteiger partial charge in [-0.25, -0.2) is 0 Å². The summed E-state index contributed by atoms with van der Waals surface area (Å²) in [5.41, 5.74) is 5.45. The number of nitrogens with zero attached hydrogens (tertiary/aromatic N) is 1.